The Morgan fingerprint density at radius 2 is 1.93 bits per heavy atom. The molecule has 1 amide bonds. The predicted molar refractivity (Wildman–Crippen MR) is 96.7 cm³/mol. The van der Waals surface area contributed by atoms with Gasteiger partial charge < -0.3 is 10.1 Å². The molecule has 0 bridgehead atoms. The van der Waals surface area contributed by atoms with E-state index in [-0.39, 0.29) is 5.69 Å². The highest BCUT2D eigenvalue weighted by atomic mass is 19.1. The van der Waals surface area contributed by atoms with Crippen LogP contribution in [0.4, 0.5) is 14.5 Å². The van der Waals surface area contributed by atoms with Gasteiger partial charge >= 0.3 is 5.97 Å². The van der Waals surface area contributed by atoms with Crippen molar-refractivity contribution in [1.29, 1.82) is 0 Å². The third kappa shape index (κ3) is 4.72. The highest BCUT2D eigenvalue weighted by molar-refractivity contribution is 5.96. The van der Waals surface area contributed by atoms with Crippen LogP contribution in [-0.4, -0.2) is 23.5 Å². The molecule has 0 atom stereocenters. The first-order valence-electron chi connectivity index (χ1n) is 7.96. The van der Waals surface area contributed by atoms with E-state index < -0.39 is 30.1 Å². The first-order chi connectivity index (χ1) is 13.0. The summed E-state index contributed by atoms with van der Waals surface area (Å²) in [5, 5.41) is 3.12. The van der Waals surface area contributed by atoms with E-state index in [0.717, 1.165) is 28.6 Å². The van der Waals surface area contributed by atoms with Gasteiger partial charge in [-0.15, -0.1) is 0 Å². The standard InChI is InChI=1S/C20H14F2N2O3/c21-15-7-8-17(16(22)11-15)24-18(25)12-27-19(26)9-6-14-4-1-3-13-5-2-10-23-20(13)14/h1-11H,12H2,(H,24,25)/b9-6+. The van der Waals surface area contributed by atoms with Gasteiger partial charge in [0.15, 0.2) is 6.61 Å². The zero-order valence-corrected chi connectivity index (χ0v) is 14.0. The van der Waals surface area contributed by atoms with Crippen molar-refractivity contribution in [3.8, 4) is 0 Å². The second-order valence-electron chi connectivity index (χ2n) is 5.54. The van der Waals surface area contributed by atoms with Gasteiger partial charge in [0.05, 0.1) is 11.2 Å². The number of halogens is 2. The highest BCUT2D eigenvalue weighted by Gasteiger charge is 2.10. The number of ether oxygens (including phenoxy) is 1. The molecule has 3 rings (SSSR count). The Hall–Kier alpha value is -3.61. The van der Waals surface area contributed by atoms with Crippen molar-refractivity contribution in [2.45, 2.75) is 0 Å². The number of hydrogen-bond donors (Lipinski definition) is 1. The lowest BCUT2D eigenvalue weighted by molar-refractivity contribution is -0.142. The van der Waals surface area contributed by atoms with Crippen LogP contribution in [0.2, 0.25) is 0 Å². The largest absolute Gasteiger partial charge is 0.452 e. The van der Waals surface area contributed by atoms with E-state index in [9.17, 15) is 18.4 Å². The maximum atomic E-state index is 13.5. The summed E-state index contributed by atoms with van der Waals surface area (Å²) >= 11 is 0. The molecule has 7 heteroatoms. The molecule has 0 spiro atoms. The first-order valence-corrected chi connectivity index (χ1v) is 7.96. The Bertz CT molecular complexity index is 1030. The number of rotatable bonds is 5. The fourth-order valence-electron chi connectivity index (χ4n) is 2.38. The number of nitrogens with one attached hydrogen (secondary N) is 1. The van der Waals surface area contributed by atoms with Gasteiger partial charge in [0.2, 0.25) is 0 Å². The molecule has 5 nitrogen and oxygen atoms in total. The van der Waals surface area contributed by atoms with Crippen LogP contribution in [0, 0.1) is 11.6 Å². The summed E-state index contributed by atoms with van der Waals surface area (Å²) in [5.41, 5.74) is 1.26. The zero-order chi connectivity index (χ0) is 19.2. The Kier molecular flexibility index (Phi) is 5.51. The molecular formula is C20H14F2N2O3. The third-order valence-corrected chi connectivity index (χ3v) is 3.61. The molecule has 0 saturated carbocycles. The van der Waals surface area contributed by atoms with E-state index in [4.69, 9.17) is 4.74 Å². The van der Waals surface area contributed by atoms with Gasteiger partial charge in [-0.05, 0) is 24.3 Å². The molecule has 0 aliphatic heterocycles. The van der Waals surface area contributed by atoms with Crippen LogP contribution in [0.15, 0.2) is 60.8 Å². The molecule has 0 aliphatic rings. The maximum absolute atomic E-state index is 13.5. The molecule has 3 aromatic rings. The normalized spacial score (nSPS) is 10.9. The van der Waals surface area contributed by atoms with Crippen LogP contribution in [0.1, 0.15) is 5.56 Å². The summed E-state index contributed by atoms with van der Waals surface area (Å²) in [7, 11) is 0. The fraction of sp³-hybridized carbons (Fsp3) is 0.0500. The number of pyridine rings is 1. The van der Waals surface area contributed by atoms with Gasteiger partial charge in [0, 0.05) is 29.3 Å². The molecule has 0 aliphatic carbocycles. The van der Waals surface area contributed by atoms with E-state index >= 15 is 0 Å². The Balaban J connectivity index is 1.57. The van der Waals surface area contributed by atoms with Crippen LogP contribution in [0.3, 0.4) is 0 Å². The average Bonchev–Trinajstić information content (AvgIpc) is 2.67. The third-order valence-electron chi connectivity index (χ3n) is 3.61. The first kappa shape index (κ1) is 18.2. The van der Waals surface area contributed by atoms with E-state index in [1.807, 2.05) is 24.3 Å². The molecule has 0 saturated heterocycles. The summed E-state index contributed by atoms with van der Waals surface area (Å²) < 4.78 is 31.1. The number of esters is 1. The van der Waals surface area contributed by atoms with Crippen molar-refractivity contribution >= 4 is 34.5 Å². The Morgan fingerprint density at radius 1 is 1.11 bits per heavy atom. The Morgan fingerprint density at radius 3 is 2.74 bits per heavy atom. The van der Waals surface area contributed by atoms with Gasteiger partial charge in [0.1, 0.15) is 11.6 Å². The number of anilines is 1. The van der Waals surface area contributed by atoms with Crippen LogP contribution in [0.25, 0.3) is 17.0 Å². The molecule has 0 unspecified atom stereocenters. The van der Waals surface area contributed by atoms with Gasteiger partial charge in [-0.3, -0.25) is 9.78 Å². The number of nitrogens with zero attached hydrogens (tertiary/aromatic N) is 1. The quantitative estimate of drug-likeness (QED) is 0.551. The van der Waals surface area contributed by atoms with Crippen LogP contribution >= 0.6 is 0 Å². The number of fused-ring (bicyclic) bond motifs is 1. The van der Waals surface area contributed by atoms with E-state index in [1.54, 1.807) is 12.3 Å². The lowest BCUT2D eigenvalue weighted by atomic mass is 10.1. The number of para-hydroxylation sites is 1. The van der Waals surface area contributed by atoms with Crippen molar-refractivity contribution in [3.63, 3.8) is 0 Å². The van der Waals surface area contributed by atoms with Crippen molar-refractivity contribution in [3.05, 3.63) is 78.0 Å². The van der Waals surface area contributed by atoms with E-state index in [0.29, 0.717) is 6.07 Å². The smallest absolute Gasteiger partial charge is 0.331 e. The summed E-state index contributed by atoms with van der Waals surface area (Å²) in [6, 6.07) is 12.0. The average molecular weight is 368 g/mol. The lowest BCUT2D eigenvalue weighted by Crippen LogP contribution is -2.20. The molecule has 1 aromatic heterocycles. The molecular weight excluding hydrogens is 354 g/mol. The van der Waals surface area contributed by atoms with Gasteiger partial charge in [-0.25, -0.2) is 13.6 Å². The molecule has 0 fully saturated rings. The molecule has 1 N–H and O–H groups in total. The van der Waals surface area contributed by atoms with Gasteiger partial charge in [0.25, 0.3) is 5.91 Å². The lowest BCUT2D eigenvalue weighted by Gasteiger charge is -2.06. The number of carbonyl (C=O) groups excluding carboxylic acids is 2. The highest BCUT2D eigenvalue weighted by Crippen LogP contribution is 2.17. The van der Waals surface area contributed by atoms with Gasteiger partial charge in [-0.1, -0.05) is 24.3 Å². The van der Waals surface area contributed by atoms with Gasteiger partial charge in [-0.2, -0.15) is 0 Å². The zero-order valence-electron chi connectivity index (χ0n) is 14.0. The monoisotopic (exact) mass is 368 g/mol. The van der Waals surface area contributed by atoms with Crippen molar-refractivity contribution in [2.75, 3.05) is 11.9 Å². The summed E-state index contributed by atoms with van der Waals surface area (Å²) in [6.07, 6.45) is 4.36. The summed E-state index contributed by atoms with van der Waals surface area (Å²) in [6.45, 7) is -0.603. The van der Waals surface area contributed by atoms with Crippen LogP contribution in [-0.2, 0) is 14.3 Å². The molecule has 136 valence electrons. The second kappa shape index (κ2) is 8.18. The number of carbonyl (C=O) groups is 2. The Labute approximate surface area is 153 Å². The van der Waals surface area contributed by atoms with Crippen molar-refractivity contribution in [2.24, 2.45) is 0 Å². The fourth-order valence-corrected chi connectivity index (χ4v) is 2.38. The predicted octanol–water partition coefficient (Wildman–Crippen LogP) is 3.71. The van der Waals surface area contributed by atoms with Crippen LogP contribution in [0.5, 0.6) is 0 Å². The second-order valence-corrected chi connectivity index (χ2v) is 5.54. The van der Waals surface area contributed by atoms with E-state index in [1.165, 1.54) is 12.2 Å². The maximum Gasteiger partial charge on any atom is 0.331 e. The van der Waals surface area contributed by atoms with E-state index in [2.05, 4.69) is 10.3 Å². The van der Waals surface area contributed by atoms with Crippen molar-refractivity contribution in [1.82, 2.24) is 4.98 Å². The minimum Gasteiger partial charge on any atom is -0.452 e. The number of hydrogen-bond acceptors (Lipinski definition) is 4. The molecule has 2 aromatic carbocycles. The number of benzene rings is 2. The molecule has 27 heavy (non-hydrogen) atoms. The molecule has 0 radical (unpaired) electrons. The number of aromatic nitrogens is 1. The summed E-state index contributed by atoms with van der Waals surface area (Å²) in [4.78, 5) is 27.8. The SMILES string of the molecule is O=C(COC(=O)/C=C/c1cccc2cccnc12)Nc1ccc(F)cc1F. The minimum atomic E-state index is -0.918. The van der Waals surface area contributed by atoms with Crippen molar-refractivity contribution < 1.29 is 23.1 Å². The number of amides is 1. The van der Waals surface area contributed by atoms with Crippen LogP contribution < -0.4 is 5.32 Å². The summed E-state index contributed by atoms with van der Waals surface area (Å²) in [5.74, 6) is -3.16. The minimum absolute atomic E-state index is 0.199. The topological polar surface area (TPSA) is 68.3 Å². The molecule has 1 heterocycles.